The van der Waals surface area contributed by atoms with Gasteiger partial charge in [-0.2, -0.15) is 13.2 Å². The minimum atomic E-state index is -4.73. The zero-order valence-corrected chi connectivity index (χ0v) is 12.4. The molecule has 0 saturated carbocycles. The van der Waals surface area contributed by atoms with Crippen LogP contribution in [0.1, 0.15) is 11.3 Å². The van der Waals surface area contributed by atoms with Crippen molar-refractivity contribution in [1.29, 1.82) is 0 Å². The molecule has 23 heavy (non-hydrogen) atoms. The maximum absolute atomic E-state index is 13.2. The van der Waals surface area contributed by atoms with Crippen LogP contribution in [0, 0.1) is 6.92 Å². The van der Waals surface area contributed by atoms with Gasteiger partial charge in [0.15, 0.2) is 11.5 Å². The number of aromatic nitrogens is 2. The van der Waals surface area contributed by atoms with Crippen molar-refractivity contribution in [2.45, 2.75) is 13.1 Å². The van der Waals surface area contributed by atoms with E-state index in [1.54, 1.807) is 0 Å². The maximum Gasteiger partial charge on any atom is 0.437 e. The molecular weight excluding hydrogens is 333 g/mol. The number of rotatable bonds is 2. The lowest BCUT2D eigenvalue weighted by Gasteiger charge is -2.09. The molecule has 120 valence electrons. The van der Waals surface area contributed by atoms with Crippen LogP contribution < -0.4 is 0 Å². The molecule has 2 heterocycles. The predicted octanol–water partition coefficient (Wildman–Crippen LogP) is 4.20. The highest BCUT2D eigenvalue weighted by Gasteiger charge is 2.41. The summed E-state index contributed by atoms with van der Waals surface area (Å²) in [6, 6.07) is 2.32. The topological polar surface area (TPSA) is 79.4 Å². The largest absolute Gasteiger partial charge is 0.508 e. The number of phenolic OH excluding ortho intramolecular Hbond substituents is 2. The third-order valence-electron chi connectivity index (χ3n) is 3.18. The van der Waals surface area contributed by atoms with E-state index < -0.39 is 17.6 Å². The van der Waals surface area contributed by atoms with Gasteiger partial charge in [0.1, 0.15) is 11.5 Å². The number of nitrogens with zero attached hydrogens (tertiary/aromatic N) is 2. The van der Waals surface area contributed by atoms with Gasteiger partial charge in [-0.1, -0.05) is 5.16 Å². The third kappa shape index (κ3) is 2.63. The Morgan fingerprint density at radius 1 is 1.17 bits per heavy atom. The lowest BCUT2D eigenvalue weighted by Crippen LogP contribution is -2.07. The van der Waals surface area contributed by atoms with E-state index in [0.29, 0.717) is 5.56 Å². The van der Waals surface area contributed by atoms with Gasteiger partial charge in [-0.05, 0) is 18.6 Å². The van der Waals surface area contributed by atoms with E-state index in [1.807, 2.05) is 0 Å². The number of aryl methyl sites for hydroxylation is 1. The van der Waals surface area contributed by atoms with Crippen LogP contribution in [0.3, 0.4) is 0 Å². The summed E-state index contributed by atoms with van der Waals surface area (Å²) in [6.45, 7) is 1.52. The molecule has 0 amide bonds. The molecule has 3 rings (SSSR count). The van der Waals surface area contributed by atoms with Crippen molar-refractivity contribution in [2.75, 3.05) is 0 Å². The summed E-state index contributed by atoms with van der Waals surface area (Å²) in [5.41, 5.74) is 0.228. The van der Waals surface area contributed by atoms with Gasteiger partial charge >= 0.3 is 6.18 Å². The van der Waals surface area contributed by atoms with Gasteiger partial charge in [-0.15, -0.1) is 11.3 Å². The molecule has 5 nitrogen and oxygen atoms in total. The third-order valence-corrected chi connectivity index (χ3v) is 3.76. The fourth-order valence-electron chi connectivity index (χ4n) is 2.27. The molecule has 0 saturated heterocycles. The zero-order valence-electron chi connectivity index (χ0n) is 11.5. The van der Waals surface area contributed by atoms with Gasteiger partial charge in [-0.25, -0.2) is 4.98 Å². The van der Waals surface area contributed by atoms with Gasteiger partial charge in [0, 0.05) is 11.4 Å². The predicted molar refractivity (Wildman–Crippen MR) is 76.1 cm³/mol. The van der Waals surface area contributed by atoms with E-state index >= 15 is 0 Å². The molecule has 0 atom stereocenters. The smallest absolute Gasteiger partial charge is 0.437 e. The Labute approximate surface area is 131 Å². The molecule has 0 fully saturated rings. The van der Waals surface area contributed by atoms with Crippen LogP contribution in [0.4, 0.5) is 13.2 Å². The number of hydrogen-bond acceptors (Lipinski definition) is 6. The first kappa shape index (κ1) is 15.3. The number of hydrogen-bond donors (Lipinski definition) is 2. The quantitative estimate of drug-likeness (QED) is 0.729. The summed E-state index contributed by atoms with van der Waals surface area (Å²) < 4.78 is 44.4. The first-order chi connectivity index (χ1) is 10.8. The van der Waals surface area contributed by atoms with Crippen molar-refractivity contribution in [3.63, 3.8) is 0 Å². The fourth-order valence-corrected chi connectivity index (χ4v) is 2.82. The van der Waals surface area contributed by atoms with E-state index in [-0.39, 0.29) is 28.3 Å². The average Bonchev–Trinajstić information content (AvgIpc) is 3.03. The lowest BCUT2D eigenvalue weighted by atomic mass is 9.99. The van der Waals surface area contributed by atoms with Crippen LogP contribution in [0.5, 0.6) is 11.5 Å². The monoisotopic (exact) mass is 342 g/mol. The standard InChI is InChI=1S/C14H9F3N2O3S/c1-6-2-7(20)3-9(21)10(6)12-11(8-4-23-5-18-8)13(19-22-12)14(15,16)17/h2-5,20-21H,1H3. The number of aromatic hydroxyl groups is 2. The highest BCUT2D eigenvalue weighted by molar-refractivity contribution is 7.07. The van der Waals surface area contributed by atoms with Crippen molar-refractivity contribution < 1.29 is 27.9 Å². The van der Waals surface area contributed by atoms with Gasteiger partial charge in [0.2, 0.25) is 0 Å². The lowest BCUT2D eigenvalue weighted by molar-refractivity contribution is -0.142. The van der Waals surface area contributed by atoms with E-state index in [0.717, 1.165) is 17.4 Å². The van der Waals surface area contributed by atoms with Gasteiger partial charge < -0.3 is 14.7 Å². The van der Waals surface area contributed by atoms with Crippen LogP contribution in [0.2, 0.25) is 0 Å². The fraction of sp³-hybridized carbons (Fsp3) is 0.143. The molecule has 0 unspecified atom stereocenters. The average molecular weight is 342 g/mol. The molecule has 0 bridgehead atoms. The molecule has 2 N–H and O–H groups in total. The first-order valence-electron chi connectivity index (χ1n) is 6.27. The Kier molecular flexibility index (Phi) is 3.52. The molecule has 9 heteroatoms. The van der Waals surface area contributed by atoms with Crippen LogP contribution in [0.25, 0.3) is 22.6 Å². The number of benzene rings is 1. The van der Waals surface area contributed by atoms with Gasteiger partial charge in [0.25, 0.3) is 0 Å². The van der Waals surface area contributed by atoms with E-state index in [9.17, 15) is 23.4 Å². The summed E-state index contributed by atoms with van der Waals surface area (Å²) in [5.74, 6) is -0.878. The number of phenols is 2. The number of alkyl halides is 3. The summed E-state index contributed by atoms with van der Waals surface area (Å²) >= 11 is 1.12. The summed E-state index contributed by atoms with van der Waals surface area (Å²) in [6.07, 6.45) is -4.73. The highest BCUT2D eigenvalue weighted by Crippen LogP contribution is 2.45. The summed E-state index contributed by atoms with van der Waals surface area (Å²) in [5, 5.41) is 24.0. The molecule has 0 aliphatic rings. The molecule has 0 radical (unpaired) electrons. The maximum atomic E-state index is 13.2. The van der Waals surface area contributed by atoms with Crippen LogP contribution in [-0.2, 0) is 6.18 Å². The van der Waals surface area contributed by atoms with E-state index in [1.165, 1.54) is 23.9 Å². The van der Waals surface area contributed by atoms with E-state index in [4.69, 9.17) is 4.52 Å². The van der Waals surface area contributed by atoms with Gasteiger partial charge in [0.05, 0.1) is 22.3 Å². The van der Waals surface area contributed by atoms with Crippen molar-refractivity contribution in [1.82, 2.24) is 10.1 Å². The van der Waals surface area contributed by atoms with E-state index in [2.05, 4.69) is 10.1 Å². The second-order valence-electron chi connectivity index (χ2n) is 4.76. The zero-order chi connectivity index (χ0) is 16.8. The Morgan fingerprint density at radius 3 is 2.48 bits per heavy atom. The number of halogens is 3. The van der Waals surface area contributed by atoms with Crippen LogP contribution in [-0.4, -0.2) is 20.4 Å². The Bertz CT molecular complexity index is 834. The molecular formula is C14H9F3N2O3S. The second kappa shape index (κ2) is 5.27. The SMILES string of the molecule is Cc1cc(O)cc(O)c1-c1onc(C(F)(F)F)c1-c1cscn1. The van der Waals surface area contributed by atoms with Crippen LogP contribution >= 0.6 is 11.3 Å². The Morgan fingerprint density at radius 2 is 1.91 bits per heavy atom. The van der Waals surface area contributed by atoms with Gasteiger partial charge in [-0.3, -0.25) is 0 Å². The van der Waals surface area contributed by atoms with Crippen molar-refractivity contribution in [3.05, 3.63) is 34.3 Å². The molecule has 0 aliphatic heterocycles. The molecule has 2 aromatic heterocycles. The minimum Gasteiger partial charge on any atom is -0.508 e. The summed E-state index contributed by atoms with van der Waals surface area (Å²) in [4.78, 5) is 3.88. The molecule has 0 spiro atoms. The van der Waals surface area contributed by atoms with Crippen LogP contribution in [0.15, 0.2) is 27.5 Å². The number of thiazole rings is 1. The minimum absolute atomic E-state index is 0.0220. The first-order valence-corrected chi connectivity index (χ1v) is 7.21. The normalized spacial score (nSPS) is 11.8. The summed E-state index contributed by atoms with van der Waals surface area (Å²) in [7, 11) is 0. The Hall–Kier alpha value is -2.55. The van der Waals surface area contributed by atoms with Crippen molar-refractivity contribution >= 4 is 11.3 Å². The van der Waals surface area contributed by atoms with Crippen molar-refractivity contribution in [2.24, 2.45) is 0 Å². The van der Waals surface area contributed by atoms with Crippen molar-refractivity contribution in [3.8, 4) is 34.1 Å². The Balaban J connectivity index is 2.32. The molecule has 1 aromatic carbocycles. The molecule has 3 aromatic rings. The second-order valence-corrected chi connectivity index (χ2v) is 5.48. The highest BCUT2D eigenvalue weighted by atomic mass is 32.1. The molecule has 0 aliphatic carbocycles.